The fourth-order valence-electron chi connectivity index (χ4n) is 2.04. The number of nitrogens with zero attached hydrogens (tertiary/aromatic N) is 3. The third-order valence-electron chi connectivity index (χ3n) is 3.18. The molecule has 0 aliphatic carbocycles. The average molecular weight is 360 g/mol. The van der Waals surface area contributed by atoms with Gasteiger partial charge in [-0.05, 0) is 24.6 Å². The smallest absolute Gasteiger partial charge is 0.293 e. The van der Waals surface area contributed by atoms with E-state index in [0.29, 0.717) is 11.3 Å². The van der Waals surface area contributed by atoms with E-state index in [1.165, 1.54) is 12.3 Å². The molecule has 0 atom stereocenters. The number of nitrogens with one attached hydrogen (secondary N) is 1. The van der Waals surface area contributed by atoms with Gasteiger partial charge in [0.25, 0.3) is 16.8 Å². The molecule has 0 spiro atoms. The van der Waals surface area contributed by atoms with Crippen molar-refractivity contribution in [2.75, 3.05) is 11.1 Å². The number of hydrogen-bond acceptors (Lipinski definition) is 8. The van der Waals surface area contributed by atoms with Crippen LogP contribution < -0.4 is 5.32 Å². The van der Waals surface area contributed by atoms with Crippen LogP contribution in [0, 0.1) is 17.0 Å². The largest absolute Gasteiger partial charge is 0.459 e. The highest BCUT2D eigenvalue weighted by molar-refractivity contribution is 7.99. The molecule has 0 unspecified atom stereocenters. The second kappa shape index (κ2) is 7.18. The minimum atomic E-state index is -0.538. The highest BCUT2D eigenvalue weighted by Crippen LogP contribution is 2.28. The van der Waals surface area contributed by atoms with Gasteiger partial charge in [0.05, 0.1) is 16.9 Å². The van der Waals surface area contributed by atoms with Crippen LogP contribution >= 0.6 is 11.8 Å². The molecule has 9 nitrogen and oxygen atoms in total. The predicted octanol–water partition coefficient (Wildman–Crippen LogP) is 3.28. The summed E-state index contributed by atoms with van der Waals surface area (Å²) in [6, 6.07) is 7.94. The van der Waals surface area contributed by atoms with Crippen LogP contribution in [0.2, 0.25) is 0 Å². The molecule has 1 N–H and O–H groups in total. The monoisotopic (exact) mass is 360 g/mol. The molecular weight excluding hydrogens is 348 g/mol. The number of rotatable bonds is 6. The summed E-state index contributed by atoms with van der Waals surface area (Å²) in [5.74, 6) is 0.188. The zero-order valence-electron chi connectivity index (χ0n) is 13.0. The van der Waals surface area contributed by atoms with Gasteiger partial charge in [-0.15, -0.1) is 10.2 Å². The minimum absolute atomic E-state index is 0.0364. The standard InChI is InChI=1S/C15H12N4O5S/c1-9-4-2-5-10(19(21)22)13(9)16-12(20)8-25-15-18-17-14(24-15)11-6-3-7-23-11/h2-7H,8H2,1H3,(H,16,20). The quantitative estimate of drug-likeness (QED) is 0.403. The number of furan rings is 1. The summed E-state index contributed by atoms with van der Waals surface area (Å²) in [4.78, 5) is 22.6. The zero-order chi connectivity index (χ0) is 17.8. The number of aromatic nitrogens is 2. The molecule has 3 aromatic rings. The van der Waals surface area contributed by atoms with Crippen molar-refractivity contribution in [1.29, 1.82) is 0 Å². The van der Waals surface area contributed by atoms with Gasteiger partial charge in [0.2, 0.25) is 5.91 Å². The number of para-hydroxylation sites is 1. The maximum atomic E-state index is 12.1. The molecule has 0 fully saturated rings. The number of benzene rings is 1. The van der Waals surface area contributed by atoms with Gasteiger partial charge in [-0.25, -0.2) is 0 Å². The maximum Gasteiger partial charge on any atom is 0.293 e. The molecule has 25 heavy (non-hydrogen) atoms. The number of amides is 1. The second-order valence-corrected chi connectivity index (χ2v) is 5.84. The van der Waals surface area contributed by atoms with Crippen molar-refractivity contribution in [3.63, 3.8) is 0 Å². The summed E-state index contributed by atoms with van der Waals surface area (Å²) >= 11 is 1.02. The van der Waals surface area contributed by atoms with E-state index in [-0.39, 0.29) is 28.2 Å². The Bertz CT molecular complexity index is 907. The molecule has 0 bridgehead atoms. The predicted molar refractivity (Wildman–Crippen MR) is 89.2 cm³/mol. The highest BCUT2D eigenvalue weighted by Gasteiger charge is 2.18. The average Bonchev–Trinajstić information content (AvgIpc) is 3.25. The van der Waals surface area contributed by atoms with E-state index in [0.717, 1.165) is 11.8 Å². The first kappa shape index (κ1) is 16.7. The Morgan fingerprint density at radius 2 is 2.16 bits per heavy atom. The lowest BCUT2D eigenvalue weighted by atomic mass is 10.1. The number of hydrogen-bond donors (Lipinski definition) is 1. The topological polar surface area (TPSA) is 124 Å². The van der Waals surface area contributed by atoms with Gasteiger partial charge < -0.3 is 14.2 Å². The van der Waals surface area contributed by atoms with E-state index in [9.17, 15) is 14.9 Å². The first-order chi connectivity index (χ1) is 12.0. The first-order valence-electron chi connectivity index (χ1n) is 7.08. The molecule has 0 aliphatic heterocycles. The molecule has 0 aliphatic rings. The van der Waals surface area contributed by atoms with Gasteiger partial charge >= 0.3 is 0 Å². The molecule has 3 rings (SSSR count). The van der Waals surface area contributed by atoms with Crippen molar-refractivity contribution in [2.45, 2.75) is 12.1 Å². The number of nitro benzene ring substituents is 1. The van der Waals surface area contributed by atoms with Gasteiger partial charge in [-0.1, -0.05) is 23.9 Å². The summed E-state index contributed by atoms with van der Waals surface area (Å²) in [6.45, 7) is 1.68. The van der Waals surface area contributed by atoms with Crippen molar-refractivity contribution < 1.29 is 18.6 Å². The molecule has 128 valence electrons. The Morgan fingerprint density at radius 1 is 1.32 bits per heavy atom. The number of thioether (sulfide) groups is 1. The Morgan fingerprint density at radius 3 is 2.88 bits per heavy atom. The fourth-order valence-corrected chi connectivity index (χ4v) is 2.60. The Hall–Kier alpha value is -3.14. The molecule has 0 radical (unpaired) electrons. The minimum Gasteiger partial charge on any atom is -0.459 e. The van der Waals surface area contributed by atoms with Gasteiger partial charge in [-0.3, -0.25) is 14.9 Å². The second-order valence-electron chi connectivity index (χ2n) is 4.91. The molecule has 2 aromatic heterocycles. The van der Waals surface area contributed by atoms with Gasteiger partial charge in [-0.2, -0.15) is 0 Å². The van der Waals surface area contributed by atoms with Crippen molar-refractivity contribution in [3.05, 3.63) is 52.3 Å². The zero-order valence-corrected chi connectivity index (χ0v) is 13.8. The summed E-state index contributed by atoms with van der Waals surface area (Å²) in [5.41, 5.74) is 0.626. The van der Waals surface area contributed by atoms with E-state index in [1.807, 2.05) is 0 Å². The van der Waals surface area contributed by atoms with Crippen LogP contribution in [0.1, 0.15) is 5.56 Å². The highest BCUT2D eigenvalue weighted by atomic mass is 32.2. The van der Waals surface area contributed by atoms with Crippen LogP contribution in [0.15, 0.2) is 50.7 Å². The van der Waals surface area contributed by atoms with Crippen LogP contribution in [0.4, 0.5) is 11.4 Å². The number of aryl methyl sites for hydroxylation is 1. The lowest BCUT2D eigenvalue weighted by molar-refractivity contribution is -0.384. The maximum absolute atomic E-state index is 12.1. The molecule has 0 saturated heterocycles. The summed E-state index contributed by atoms with van der Waals surface area (Å²) in [5, 5.41) is 21.4. The van der Waals surface area contributed by atoms with Gasteiger partial charge in [0, 0.05) is 6.07 Å². The molecule has 1 amide bonds. The molecule has 1 aromatic carbocycles. The Labute approximate surface area is 145 Å². The van der Waals surface area contributed by atoms with E-state index in [2.05, 4.69) is 15.5 Å². The van der Waals surface area contributed by atoms with Crippen molar-refractivity contribution in [1.82, 2.24) is 10.2 Å². The van der Waals surface area contributed by atoms with Crippen molar-refractivity contribution >= 4 is 29.0 Å². The lowest BCUT2D eigenvalue weighted by Gasteiger charge is -2.07. The molecular formula is C15H12N4O5S. The fraction of sp³-hybridized carbons (Fsp3) is 0.133. The van der Waals surface area contributed by atoms with Crippen LogP contribution in [0.5, 0.6) is 0 Å². The molecule has 2 heterocycles. The Kier molecular flexibility index (Phi) is 4.80. The molecule has 0 saturated carbocycles. The van der Waals surface area contributed by atoms with E-state index in [1.54, 1.807) is 31.2 Å². The van der Waals surface area contributed by atoms with Crippen LogP contribution in [-0.4, -0.2) is 26.8 Å². The number of carbonyl (C=O) groups is 1. The number of nitro groups is 1. The summed E-state index contributed by atoms with van der Waals surface area (Å²) in [6.07, 6.45) is 1.48. The van der Waals surface area contributed by atoms with Crippen molar-refractivity contribution in [2.24, 2.45) is 0 Å². The summed E-state index contributed by atoms with van der Waals surface area (Å²) < 4.78 is 10.5. The summed E-state index contributed by atoms with van der Waals surface area (Å²) in [7, 11) is 0. The SMILES string of the molecule is Cc1cccc([N+](=O)[O-])c1NC(=O)CSc1nnc(-c2ccco2)o1. The molecule has 10 heteroatoms. The number of anilines is 1. The Balaban J connectivity index is 1.63. The van der Waals surface area contributed by atoms with Crippen molar-refractivity contribution in [3.8, 4) is 11.7 Å². The van der Waals surface area contributed by atoms with Crippen LogP contribution in [0.3, 0.4) is 0 Å². The van der Waals surface area contributed by atoms with Crippen LogP contribution in [0.25, 0.3) is 11.7 Å². The normalized spacial score (nSPS) is 10.6. The van der Waals surface area contributed by atoms with E-state index in [4.69, 9.17) is 8.83 Å². The number of carbonyl (C=O) groups excluding carboxylic acids is 1. The van der Waals surface area contributed by atoms with Gasteiger partial charge in [0.15, 0.2) is 5.76 Å². The third kappa shape index (κ3) is 3.86. The first-order valence-corrected chi connectivity index (χ1v) is 8.07. The van der Waals surface area contributed by atoms with Gasteiger partial charge in [0.1, 0.15) is 5.69 Å². The third-order valence-corrected chi connectivity index (χ3v) is 4.00. The van der Waals surface area contributed by atoms with Crippen LogP contribution in [-0.2, 0) is 4.79 Å². The van der Waals surface area contributed by atoms with E-state index < -0.39 is 10.8 Å². The lowest BCUT2D eigenvalue weighted by Crippen LogP contribution is -2.16. The van der Waals surface area contributed by atoms with E-state index >= 15 is 0 Å².